The van der Waals surface area contributed by atoms with E-state index < -0.39 is 0 Å². The van der Waals surface area contributed by atoms with Crippen LogP contribution in [0.1, 0.15) is 12.8 Å². The third-order valence-corrected chi connectivity index (χ3v) is 3.14. The SMILES string of the molecule is NC[C@H](O)C1CCCS1. The molecule has 1 heterocycles. The summed E-state index contributed by atoms with van der Waals surface area (Å²) in [6.07, 6.45) is 2.12. The highest BCUT2D eigenvalue weighted by Crippen LogP contribution is 2.28. The molecule has 1 saturated heterocycles. The summed E-state index contributed by atoms with van der Waals surface area (Å²) in [6.45, 7) is 0.414. The summed E-state index contributed by atoms with van der Waals surface area (Å²) in [6, 6.07) is 0. The number of hydrogen-bond donors (Lipinski definition) is 2. The molecule has 1 fully saturated rings. The predicted octanol–water partition coefficient (Wildman–Crippen LogP) is 0.202. The smallest absolute Gasteiger partial charge is 0.0780 e. The molecule has 0 amide bonds. The maximum absolute atomic E-state index is 9.21. The molecule has 3 heteroatoms. The van der Waals surface area contributed by atoms with Gasteiger partial charge in [0.05, 0.1) is 6.10 Å². The summed E-state index contributed by atoms with van der Waals surface area (Å²) in [5, 5.41) is 9.64. The molecule has 9 heavy (non-hydrogen) atoms. The van der Waals surface area contributed by atoms with Gasteiger partial charge in [0.2, 0.25) is 0 Å². The normalized spacial score (nSPS) is 30.7. The molecule has 0 aromatic carbocycles. The first-order chi connectivity index (χ1) is 4.34. The zero-order valence-corrected chi connectivity index (χ0v) is 6.23. The van der Waals surface area contributed by atoms with Crippen LogP contribution in [0.4, 0.5) is 0 Å². The van der Waals surface area contributed by atoms with E-state index in [4.69, 9.17) is 5.73 Å². The highest BCUT2D eigenvalue weighted by Gasteiger charge is 2.21. The molecular weight excluding hydrogens is 134 g/mol. The average molecular weight is 147 g/mol. The Morgan fingerprint density at radius 2 is 2.56 bits per heavy atom. The van der Waals surface area contributed by atoms with Crippen LogP contribution < -0.4 is 5.73 Å². The number of hydrogen-bond acceptors (Lipinski definition) is 3. The topological polar surface area (TPSA) is 46.2 Å². The largest absolute Gasteiger partial charge is 0.391 e. The molecule has 2 atom stereocenters. The zero-order chi connectivity index (χ0) is 6.69. The summed E-state index contributed by atoms with van der Waals surface area (Å²) in [7, 11) is 0. The average Bonchev–Trinajstić information content (AvgIpc) is 2.37. The quantitative estimate of drug-likeness (QED) is 0.586. The van der Waals surface area contributed by atoms with E-state index in [-0.39, 0.29) is 6.10 Å². The molecule has 0 radical (unpaired) electrons. The van der Waals surface area contributed by atoms with Crippen LogP contribution in [0.5, 0.6) is 0 Å². The van der Waals surface area contributed by atoms with E-state index in [9.17, 15) is 5.11 Å². The standard InChI is InChI=1S/C6H13NOS/c7-4-5(8)6-2-1-3-9-6/h5-6,8H,1-4,7H2/t5-,6?/m0/s1. The molecule has 2 nitrogen and oxygen atoms in total. The van der Waals surface area contributed by atoms with Crippen molar-refractivity contribution in [3.63, 3.8) is 0 Å². The zero-order valence-electron chi connectivity index (χ0n) is 5.42. The summed E-state index contributed by atoms with van der Waals surface area (Å²) < 4.78 is 0. The van der Waals surface area contributed by atoms with Gasteiger partial charge < -0.3 is 10.8 Å². The van der Waals surface area contributed by atoms with E-state index in [1.54, 1.807) is 0 Å². The van der Waals surface area contributed by atoms with E-state index >= 15 is 0 Å². The van der Waals surface area contributed by atoms with Crippen LogP contribution in [-0.2, 0) is 0 Å². The van der Waals surface area contributed by atoms with Gasteiger partial charge in [-0.15, -0.1) is 0 Å². The lowest BCUT2D eigenvalue weighted by molar-refractivity contribution is 0.178. The van der Waals surface area contributed by atoms with Crippen LogP contribution in [0.2, 0.25) is 0 Å². The van der Waals surface area contributed by atoms with Gasteiger partial charge in [-0.05, 0) is 18.6 Å². The van der Waals surface area contributed by atoms with Gasteiger partial charge in [0, 0.05) is 11.8 Å². The van der Waals surface area contributed by atoms with E-state index in [1.165, 1.54) is 12.2 Å². The fraction of sp³-hybridized carbons (Fsp3) is 1.00. The van der Waals surface area contributed by atoms with Crippen molar-refractivity contribution in [1.82, 2.24) is 0 Å². The molecular formula is C6H13NOS. The molecule has 0 aromatic heterocycles. The minimum Gasteiger partial charge on any atom is -0.391 e. The van der Waals surface area contributed by atoms with Crippen molar-refractivity contribution < 1.29 is 5.11 Å². The molecule has 0 spiro atoms. The molecule has 1 rings (SSSR count). The Balaban J connectivity index is 2.24. The maximum Gasteiger partial charge on any atom is 0.0780 e. The number of aliphatic hydroxyl groups excluding tert-OH is 1. The molecule has 0 bridgehead atoms. The summed E-state index contributed by atoms with van der Waals surface area (Å²) in [5.74, 6) is 1.20. The van der Waals surface area contributed by atoms with Gasteiger partial charge in [0.1, 0.15) is 0 Å². The molecule has 0 aromatic rings. The van der Waals surface area contributed by atoms with Crippen molar-refractivity contribution >= 4 is 11.8 Å². The number of rotatable bonds is 2. The molecule has 0 aliphatic carbocycles. The maximum atomic E-state index is 9.21. The first-order valence-corrected chi connectivity index (χ1v) is 4.39. The van der Waals surface area contributed by atoms with Crippen LogP contribution in [0.3, 0.4) is 0 Å². The Labute approximate surface area is 59.8 Å². The Morgan fingerprint density at radius 1 is 1.78 bits per heavy atom. The van der Waals surface area contributed by atoms with Crippen LogP contribution in [0, 0.1) is 0 Å². The van der Waals surface area contributed by atoms with E-state index in [0.717, 1.165) is 6.42 Å². The van der Waals surface area contributed by atoms with Gasteiger partial charge in [0.25, 0.3) is 0 Å². The molecule has 3 N–H and O–H groups in total. The number of aliphatic hydroxyl groups is 1. The van der Waals surface area contributed by atoms with Crippen molar-refractivity contribution in [3.05, 3.63) is 0 Å². The summed E-state index contributed by atoms with van der Waals surface area (Å²) >= 11 is 1.85. The van der Waals surface area contributed by atoms with Crippen LogP contribution in [-0.4, -0.2) is 28.8 Å². The highest BCUT2D eigenvalue weighted by molar-refractivity contribution is 8.00. The van der Waals surface area contributed by atoms with Gasteiger partial charge in [-0.3, -0.25) is 0 Å². The Bertz CT molecular complexity index is 83.1. The summed E-state index contributed by atoms with van der Waals surface area (Å²) in [5.41, 5.74) is 5.29. The molecule has 0 saturated carbocycles. The van der Waals surface area contributed by atoms with Crippen molar-refractivity contribution in [2.24, 2.45) is 5.73 Å². The number of nitrogens with two attached hydrogens (primary N) is 1. The third-order valence-electron chi connectivity index (χ3n) is 1.64. The van der Waals surface area contributed by atoms with E-state index in [0.29, 0.717) is 11.8 Å². The van der Waals surface area contributed by atoms with Crippen molar-refractivity contribution in [1.29, 1.82) is 0 Å². The Hall–Kier alpha value is 0.270. The highest BCUT2D eigenvalue weighted by atomic mass is 32.2. The monoisotopic (exact) mass is 147 g/mol. The Kier molecular flexibility index (Phi) is 2.82. The lowest BCUT2D eigenvalue weighted by Crippen LogP contribution is -2.29. The van der Waals surface area contributed by atoms with Gasteiger partial charge in [-0.25, -0.2) is 0 Å². The van der Waals surface area contributed by atoms with Gasteiger partial charge in [-0.1, -0.05) is 0 Å². The second-order valence-electron chi connectivity index (χ2n) is 2.35. The first-order valence-electron chi connectivity index (χ1n) is 3.34. The van der Waals surface area contributed by atoms with Crippen LogP contribution in [0.25, 0.3) is 0 Å². The lowest BCUT2D eigenvalue weighted by Gasteiger charge is -2.13. The van der Waals surface area contributed by atoms with Crippen molar-refractivity contribution in [2.45, 2.75) is 24.2 Å². The van der Waals surface area contributed by atoms with Gasteiger partial charge in [-0.2, -0.15) is 11.8 Å². The minimum absolute atomic E-state index is 0.266. The van der Waals surface area contributed by atoms with E-state index in [2.05, 4.69) is 0 Å². The van der Waals surface area contributed by atoms with Crippen molar-refractivity contribution in [2.75, 3.05) is 12.3 Å². The molecule has 1 aliphatic heterocycles. The predicted molar refractivity (Wildman–Crippen MR) is 40.5 cm³/mol. The van der Waals surface area contributed by atoms with E-state index in [1.807, 2.05) is 11.8 Å². The van der Waals surface area contributed by atoms with Gasteiger partial charge >= 0.3 is 0 Å². The summed E-state index contributed by atoms with van der Waals surface area (Å²) in [4.78, 5) is 0. The fourth-order valence-corrected chi connectivity index (χ4v) is 2.36. The second kappa shape index (κ2) is 3.44. The minimum atomic E-state index is -0.266. The van der Waals surface area contributed by atoms with Gasteiger partial charge in [0.15, 0.2) is 0 Å². The fourth-order valence-electron chi connectivity index (χ4n) is 1.06. The third kappa shape index (κ3) is 1.85. The second-order valence-corrected chi connectivity index (χ2v) is 3.70. The van der Waals surface area contributed by atoms with Crippen molar-refractivity contribution in [3.8, 4) is 0 Å². The molecule has 1 unspecified atom stereocenters. The van der Waals surface area contributed by atoms with Crippen LogP contribution in [0.15, 0.2) is 0 Å². The number of thioether (sulfide) groups is 1. The molecule has 54 valence electrons. The van der Waals surface area contributed by atoms with Crippen LogP contribution >= 0.6 is 11.8 Å². The lowest BCUT2D eigenvalue weighted by atomic mass is 10.2. The first kappa shape index (κ1) is 7.38. The molecule has 1 aliphatic rings. The Morgan fingerprint density at radius 3 is 3.00 bits per heavy atom.